The maximum atomic E-state index is 5.74. The van der Waals surface area contributed by atoms with Crippen molar-refractivity contribution in [3.8, 4) is 11.5 Å². The SMILES string of the molecule is COc1ccc(OCCSc2ccc(N)cc2C)cc1. The Morgan fingerprint density at radius 3 is 2.40 bits per heavy atom. The maximum Gasteiger partial charge on any atom is 0.119 e. The molecule has 20 heavy (non-hydrogen) atoms. The molecule has 2 aromatic carbocycles. The van der Waals surface area contributed by atoms with Gasteiger partial charge in [-0.2, -0.15) is 0 Å². The van der Waals surface area contributed by atoms with Crippen LogP contribution in [0, 0.1) is 6.92 Å². The highest BCUT2D eigenvalue weighted by Crippen LogP contribution is 2.24. The van der Waals surface area contributed by atoms with Gasteiger partial charge in [0.05, 0.1) is 13.7 Å². The van der Waals surface area contributed by atoms with Gasteiger partial charge >= 0.3 is 0 Å². The van der Waals surface area contributed by atoms with Crippen molar-refractivity contribution in [3.63, 3.8) is 0 Å². The smallest absolute Gasteiger partial charge is 0.119 e. The van der Waals surface area contributed by atoms with Crippen LogP contribution in [0.2, 0.25) is 0 Å². The van der Waals surface area contributed by atoms with Crippen molar-refractivity contribution in [2.75, 3.05) is 25.2 Å². The number of nitrogen functional groups attached to an aromatic ring is 1. The van der Waals surface area contributed by atoms with Crippen molar-refractivity contribution >= 4 is 17.4 Å². The molecular weight excluding hydrogens is 270 g/mol. The van der Waals surface area contributed by atoms with Crippen molar-refractivity contribution in [1.82, 2.24) is 0 Å². The molecule has 0 amide bonds. The molecule has 0 bridgehead atoms. The molecule has 3 nitrogen and oxygen atoms in total. The third kappa shape index (κ3) is 4.10. The van der Waals surface area contributed by atoms with Crippen LogP contribution in [-0.2, 0) is 0 Å². The highest BCUT2D eigenvalue weighted by atomic mass is 32.2. The Kier molecular flexibility index (Phi) is 5.18. The standard InChI is InChI=1S/C16H19NO2S/c1-12-11-13(17)3-8-16(12)20-10-9-19-15-6-4-14(18-2)5-7-15/h3-8,11H,9-10,17H2,1-2H3. The normalized spacial score (nSPS) is 10.3. The highest BCUT2D eigenvalue weighted by Gasteiger charge is 2.00. The van der Waals surface area contributed by atoms with E-state index in [0.717, 1.165) is 22.9 Å². The van der Waals surface area contributed by atoms with E-state index in [-0.39, 0.29) is 0 Å². The molecule has 0 aliphatic rings. The lowest BCUT2D eigenvalue weighted by Crippen LogP contribution is -2.00. The zero-order valence-corrected chi connectivity index (χ0v) is 12.6. The zero-order chi connectivity index (χ0) is 14.4. The van der Waals surface area contributed by atoms with Crippen LogP contribution in [0.25, 0.3) is 0 Å². The molecule has 0 aliphatic heterocycles. The van der Waals surface area contributed by atoms with Crippen molar-refractivity contribution < 1.29 is 9.47 Å². The van der Waals surface area contributed by atoms with Crippen molar-refractivity contribution in [1.29, 1.82) is 0 Å². The first-order chi connectivity index (χ1) is 9.69. The number of thioether (sulfide) groups is 1. The number of rotatable bonds is 6. The van der Waals surface area contributed by atoms with Crippen LogP contribution in [0.1, 0.15) is 5.56 Å². The second-order valence-corrected chi connectivity index (χ2v) is 5.53. The van der Waals surface area contributed by atoms with Gasteiger partial charge in [0.25, 0.3) is 0 Å². The second kappa shape index (κ2) is 7.10. The predicted octanol–water partition coefficient (Wildman–Crippen LogP) is 3.76. The van der Waals surface area contributed by atoms with Gasteiger partial charge in [-0.1, -0.05) is 0 Å². The summed E-state index contributed by atoms with van der Waals surface area (Å²) < 4.78 is 10.8. The van der Waals surface area contributed by atoms with Crippen molar-refractivity contribution in [2.24, 2.45) is 0 Å². The van der Waals surface area contributed by atoms with E-state index in [2.05, 4.69) is 13.0 Å². The third-order valence-electron chi connectivity index (χ3n) is 2.87. The summed E-state index contributed by atoms with van der Waals surface area (Å²) >= 11 is 1.78. The fraction of sp³-hybridized carbons (Fsp3) is 0.250. The van der Waals surface area contributed by atoms with Gasteiger partial charge in [-0.15, -0.1) is 11.8 Å². The average molecular weight is 289 g/mol. The van der Waals surface area contributed by atoms with Gasteiger partial charge < -0.3 is 15.2 Å². The number of methoxy groups -OCH3 is 1. The maximum absolute atomic E-state index is 5.74. The van der Waals surface area contributed by atoms with E-state index in [1.165, 1.54) is 10.5 Å². The topological polar surface area (TPSA) is 44.5 Å². The molecule has 2 aromatic rings. The molecular formula is C16H19NO2S. The Hall–Kier alpha value is -1.81. The summed E-state index contributed by atoms with van der Waals surface area (Å²) in [4.78, 5) is 1.25. The van der Waals surface area contributed by atoms with Gasteiger partial charge in [-0.25, -0.2) is 0 Å². The first kappa shape index (κ1) is 14.6. The van der Waals surface area contributed by atoms with Crippen LogP contribution >= 0.6 is 11.8 Å². The fourth-order valence-corrected chi connectivity index (χ4v) is 2.66. The predicted molar refractivity (Wildman–Crippen MR) is 84.8 cm³/mol. The Morgan fingerprint density at radius 2 is 1.75 bits per heavy atom. The molecule has 0 unspecified atom stereocenters. The van der Waals surface area contributed by atoms with Crippen LogP contribution in [0.4, 0.5) is 5.69 Å². The summed E-state index contributed by atoms with van der Waals surface area (Å²) in [6.45, 7) is 2.74. The Morgan fingerprint density at radius 1 is 1.05 bits per heavy atom. The van der Waals surface area contributed by atoms with Crippen LogP contribution in [0.15, 0.2) is 47.4 Å². The molecule has 0 atom stereocenters. The number of hydrogen-bond acceptors (Lipinski definition) is 4. The first-order valence-electron chi connectivity index (χ1n) is 6.45. The molecule has 4 heteroatoms. The van der Waals surface area contributed by atoms with E-state index in [4.69, 9.17) is 15.2 Å². The van der Waals surface area contributed by atoms with E-state index >= 15 is 0 Å². The van der Waals surface area contributed by atoms with Crippen LogP contribution in [-0.4, -0.2) is 19.5 Å². The van der Waals surface area contributed by atoms with Crippen LogP contribution in [0.3, 0.4) is 0 Å². The number of ether oxygens (including phenoxy) is 2. The Bertz CT molecular complexity index is 555. The Labute approximate surface area is 124 Å². The molecule has 2 rings (SSSR count). The number of aryl methyl sites for hydroxylation is 1. The summed E-state index contributed by atoms with van der Waals surface area (Å²) in [7, 11) is 1.65. The number of anilines is 1. The van der Waals surface area contributed by atoms with Crippen molar-refractivity contribution in [2.45, 2.75) is 11.8 Å². The van der Waals surface area contributed by atoms with Gasteiger partial charge in [0.2, 0.25) is 0 Å². The molecule has 0 saturated carbocycles. The monoisotopic (exact) mass is 289 g/mol. The molecule has 0 fully saturated rings. The molecule has 0 heterocycles. The van der Waals surface area contributed by atoms with Crippen LogP contribution in [0.5, 0.6) is 11.5 Å². The molecule has 0 saturated heterocycles. The third-order valence-corrected chi connectivity index (χ3v) is 4.01. The molecule has 106 valence electrons. The summed E-state index contributed by atoms with van der Waals surface area (Å²) in [5, 5.41) is 0. The minimum Gasteiger partial charge on any atom is -0.497 e. The first-order valence-corrected chi connectivity index (χ1v) is 7.43. The summed E-state index contributed by atoms with van der Waals surface area (Å²) in [5.41, 5.74) is 7.75. The van der Waals surface area contributed by atoms with E-state index in [9.17, 15) is 0 Å². The lowest BCUT2D eigenvalue weighted by Gasteiger charge is -2.08. The van der Waals surface area contributed by atoms with E-state index < -0.39 is 0 Å². The minimum atomic E-state index is 0.667. The summed E-state index contributed by atoms with van der Waals surface area (Å²) in [5.74, 6) is 2.60. The number of hydrogen-bond donors (Lipinski definition) is 1. The molecule has 0 aliphatic carbocycles. The Balaban J connectivity index is 1.78. The zero-order valence-electron chi connectivity index (χ0n) is 11.8. The molecule has 2 N–H and O–H groups in total. The quantitative estimate of drug-likeness (QED) is 0.499. The lowest BCUT2D eigenvalue weighted by molar-refractivity contribution is 0.342. The van der Waals surface area contributed by atoms with Crippen molar-refractivity contribution in [3.05, 3.63) is 48.0 Å². The van der Waals surface area contributed by atoms with Gasteiger partial charge in [-0.3, -0.25) is 0 Å². The molecule has 0 spiro atoms. The van der Waals surface area contributed by atoms with Gasteiger partial charge in [0, 0.05) is 16.3 Å². The average Bonchev–Trinajstić information content (AvgIpc) is 2.46. The van der Waals surface area contributed by atoms with Crippen LogP contribution < -0.4 is 15.2 Å². The minimum absolute atomic E-state index is 0.667. The van der Waals surface area contributed by atoms with Gasteiger partial charge in [0.1, 0.15) is 11.5 Å². The summed E-state index contributed by atoms with van der Waals surface area (Å²) in [6, 6.07) is 13.6. The highest BCUT2D eigenvalue weighted by molar-refractivity contribution is 7.99. The van der Waals surface area contributed by atoms with E-state index in [1.807, 2.05) is 36.4 Å². The molecule has 0 radical (unpaired) electrons. The fourth-order valence-electron chi connectivity index (χ4n) is 1.82. The lowest BCUT2D eigenvalue weighted by atomic mass is 10.2. The van der Waals surface area contributed by atoms with Gasteiger partial charge in [-0.05, 0) is 55.0 Å². The number of nitrogens with two attached hydrogens (primary N) is 1. The van der Waals surface area contributed by atoms with E-state index in [1.54, 1.807) is 18.9 Å². The summed E-state index contributed by atoms with van der Waals surface area (Å²) in [6.07, 6.45) is 0. The van der Waals surface area contributed by atoms with E-state index in [0.29, 0.717) is 6.61 Å². The second-order valence-electron chi connectivity index (χ2n) is 4.40. The molecule has 0 aromatic heterocycles. The van der Waals surface area contributed by atoms with Gasteiger partial charge in [0.15, 0.2) is 0 Å². The largest absolute Gasteiger partial charge is 0.497 e. The number of benzene rings is 2.